The van der Waals surface area contributed by atoms with Crippen LogP contribution in [0.5, 0.6) is 0 Å². The van der Waals surface area contributed by atoms with Gasteiger partial charge in [0.1, 0.15) is 0 Å². The van der Waals surface area contributed by atoms with Crippen LogP contribution < -0.4 is 0 Å². The minimum absolute atomic E-state index is 0. The van der Waals surface area contributed by atoms with E-state index in [0.29, 0.717) is 0 Å². The van der Waals surface area contributed by atoms with Gasteiger partial charge in [-0.15, -0.1) is 65.0 Å². The molecular weight excluding hydrogens is 691 g/mol. The Hall–Kier alpha value is -4.37. The van der Waals surface area contributed by atoms with Crippen LogP contribution >= 0.6 is 0 Å². The molecule has 3 aromatic heterocycles. The summed E-state index contributed by atoms with van der Waals surface area (Å²) in [6, 6.07) is 44.2. The van der Waals surface area contributed by atoms with E-state index in [1.807, 2.05) is 48.7 Å². The molecule has 1 radical (unpaired) electrons. The molecular formula is C38H29IrN3-2. The topological polar surface area (TPSA) is 30.7 Å². The van der Waals surface area contributed by atoms with Gasteiger partial charge in [0.25, 0.3) is 0 Å². The van der Waals surface area contributed by atoms with E-state index in [2.05, 4.69) is 109 Å². The van der Waals surface area contributed by atoms with Crippen molar-refractivity contribution in [3.05, 3.63) is 139 Å². The minimum Gasteiger partial charge on any atom is -0.310 e. The first kappa shape index (κ1) is 27.8. The summed E-state index contributed by atoms with van der Waals surface area (Å²) in [4.78, 5) is 9.03. The van der Waals surface area contributed by atoms with E-state index in [9.17, 15) is 0 Å². The molecule has 0 saturated carbocycles. The van der Waals surface area contributed by atoms with Crippen LogP contribution in [0.2, 0.25) is 0 Å². The fourth-order valence-corrected chi connectivity index (χ4v) is 5.69. The van der Waals surface area contributed by atoms with Gasteiger partial charge in [0.05, 0.1) is 5.52 Å². The molecule has 0 aliphatic rings. The summed E-state index contributed by atoms with van der Waals surface area (Å²) in [5.41, 5.74) is 8.02. The van der Waals surface area contributed by atoms with Gasteiger partial charge in [-0.2, -0.15) is 0 Å². The van der Waals surface area contributed by atoms with E-state index in [4.69, 9.17) is 4.98 Å². The van der Waals surface area contributed by atoms with Crippen LogP contribution in [0.25, 0.3) is 60.4 Å². The number of para-hydroxylation sites is 1. The fourth-order valence-electron chi connectivity index (χ4n) is 5.69. The third-order valence-corrected chi connectivity index (χ3v) is 7.70. The molecule has 0 unspecified atom stereocenters. The molecule has 4 heteroatoms. The first-order valence-corrected chi connectivity index (χ1v) is 13.9. The minimum atomic E-state index is 0. The molecule has 42 heavy (non-hydrogen) atoms. The van der Waals surface area contributed by atoms with Crippen molar-refractivity contribution in [1.29, 1.82) is 0 Å². The number of hydrogen-bond donors (Lipinski definition) is 0. The standard InChI is InChI=1S/C27H21N2.C11H8N.Ir/c1-27(2,3)17-12-13-20-21(16-17)19-10-7-11-22-24(19)25-23(14-15-28-26(20)25)29(22)18-8-5-4-6-9-18;1-2-6-10(7-3-1)11-8-4-5-9-12-11;/h4-12,14-16H,1-3H3;1-6,8-9H;/q2*-1;. The Balaban J connectivity index is 0.000000205. The number of nitrogens with zero attached hydrogens (tertiary/aromatic N) is 3. The molecule has 0 fully saturated rings. The first-order valence-electron chi connectivity index (χ1n) is 13.9. The fraction of sp³-hybridized carbons (Fsp3) is 0.105. The molecule has 8 aromatic rings. The van der Waals surface area contributed by atoms with E-state index in [-0.39, 0.29) is 25.5 Å². The summed E-state index contributed by atoms with van der Waals surface area (Å²) in [5.74, 6) is 0. The predicted molar refractivity (Wildman–Crippen MR) is 171 cm³/mol. The zero-order chi connectivity index (χ0) is 28.0. The van der Waals surface area contributed by atoms with E-state index in [1.165, 1.54) is 43.8 Å². The molecule has 0 atom stereocenters. The quantitative estimate of drug-likeness (QED) is 0.132. The Morgan fingerprint density at radius 3 is 2.19 bits per heavy atom. The molecule has 0 bridgehead atoms. The van der Waals surface area contributed by atoms with Crippen molar-refractivity contribution >= 4 is 43.5 Å². The second-order valence-electron chi connectivity index (χ2n) is 11.3. The molecule has 3 heterocycles. The van der Waals surface area contributed by atoms with Crippen molar-refractivity contribution < 1.29 is 20.1 Å². The predicted octanol–water partition coefficient (Wildman–Crippen LogP) is 9.57. The Bertz CT molecular complexity index is 2070. The van der Waals surface area contributed by atoms with Crippen LogP contribution in [0, 0.1) is 12.1 Å². The first-order chi connectivity index (χ1) is 20.0. The van der Waals surface area contributed by atoms with Gasteiger partial charge in [0.15, 0.2) is 0 Å². The third-order valence-electron chi connectivity index (χ3n) is 7.70. The van der Waals surface area contributed by atoms with Crippen molar-refractivity contribution in [3.63, 3.8) is 0 Å². The van der Waals surface area contributed by atoms with E-state index in [1.54, 1.807) is 6.20 Å². The Morgan fingerprint density at radius 2 is 1.45 bits per heavy atom. The number of fused-ring (bicyclic) bond motifs is 3. The summed E-state index contributed by atoms with van der Waals surface area (Å²) in [5, 5.41) is 6.14. The van der Waals surface area contributed by atoms with Crippen LogP contribution in [0.15, 0.2) is 122 Å². The van der Waals surface area contributed by atoms with Gasteiger partial charge >= 0.3 is 0 Å². The normalized spacial score (nSPS) is 11.5. The molecule has 0 aliphatic carbocycles. The largest absolute Gasteiger partial charge is 0.310 e. The molecule has 0 saturated heterocycles. The Kier molecular flexibility index (Phi) is 7.36. The van der Waals surface area contributed by atoms with Crippen LogP contribution in [-0.4, -0.2) is 14.5 Å². The zero-order valence-corrected chi connectivity index (χ0v) is 26.1. The average Bonchev–Trinajstić information content (AvgIpc) is 3.37. The van der Waals surface area contributed by atoms with Crippen molar-refractivity contribution in [2.24, 2.45) is 0 Å². The van der Waals surface area contributed by atoms with Gasteiger partial charge in [0.2, 0.25) is 0 Å². The summed E-state index contributed by atoms with van der Waals surface area (Å²) in [7, 11) is 0. The number of pyridine rings is 2. The SMILES string of the molecule is CC(C)(C)c1c[c-]c2c(c1)c1cccc3c1c1c2nccc1n3-c1ccccc1.[Ir].[c-]1ccccc1-c1ccccn1. The molecule has 5 aromatic carbocycles. The van der Waals surface area contributed by atoms with Crippen LogP contribution in [-0.2, 0) is 25.5 Å². The van der Waals surface area contributed by atoms with Gasteiger partial charge in [-0.25, -0.2) is 0 Å². The van der Waals surface area contributed by atoms with Crippen molar-refractivity contribution in [1.82, 2.24) is 14.5 Å². The molecule has 8 rings (SSSR count). The van der Waals surface area contributed by atoms with Crippen LogP contribution in [0.3, 0.4) is 0 Å². The number of hydrogen-bond acceptors (Lipinski definition) is 2. The van der Waals surface area contributed by atoms with Gasteiger partial charge < -0.3 is 14.5 Å². The summed E-state index contributed by atoms with van der Waals surface area (Å²) < 4.78 is 2.36. The maximum atomic E-state index is 4.82. The Labute approximate surface area is 259 Å². The van der Waals surface area contributed by atoms with Crippen LogP contribution in [0.1, 0.15) is 26.3 Å². The summed E-state index contributed by atoms with van der Waals surface area (Å²) >= 11 is 0. The molecule has 0 N–H and O–H groups in total. The zero-order valence-electron chi connectivity index (χ0n) is 23.7. The van der Waals surface area contributed by atoms with Gasteiger partial charge in [-0.1, -0.05) is 74.0 Å². The average molecular weight is 720 g/mol. The molecule has 207 valence electrons. The summed E-state index contributed by atoms with van der Waals surface area (Å²) in [6.07, 6.45) is 3.71. The number of aromatic nitrogens is 3. The van der Waals surface area contributed by atoms with Gasteiger partial charge in [0, 0.05) is 43.7 Å². The smallest absolute Gasteiger partial charge is 0.0531 e. The third kappa shape index (κ3) is 4.77. The molecule has 0 spiro atoms. The van der Waals surface area contributed by atoms with E-state index in [0.717, 1.165) is 22.2 Å². The van der Waals surface area contributed by atoms with Crippen molar-refractivity contribution in [2.45, 2.75) is 26.2 Å². The maximum Gasteiger partial charge on any atom is 0.0531 e. The van der Waals surface area contributed by atoms with E-state index >= 15 is 0 Å². The van der Waals surface area contributed by atoms with Gasteiger partial charge in [-0.05, 0) is 57.7 Å². The van der Waals surface area contributed by atoms with E-state index < -0.39 is 0 Å². The molecule has 0 aliphatic heterocycles. The second kappa shape index (κ2) is 11.1. The maximum absolute atomic E-state index is 4.82. The molecule has 0 amide bonds. The number of benzene rings is 5. The molecule has 3 nitrogen and oxygen atoms in total. The monoisotopic (exact) mass is 720 g/mol. The van der Waals surface area contributed by atoms with Crippen LogP contribution in [0.4, 0.5) is 0 Å². The second-order valence-corrected chi connectivity index (χ2v) is 11.3. The van der Waals surface area contributed by atoms with Gasteiger partial charge in [-0.3, -0.25) is 0 Å². The summed E-state index contributed by atoms with van der Waals surface area (Å²) in [6.45, 7) is 6.76. The number of rotatable bonds is 2. The Morgan fingerprint density at radius 1 is 0.667 bits per heavy atom. The van der Waals surface area contributed by atoms with Crippen molar-refractivity contribution in [3.8, 4) is 16.9 Å². The van der Waals surface area contributed by atoms with Crippen molar-refractivity contribution in [2.75, 3.05) is 0 Å².